The second-order valence-corrected chi connectivity index (χ2v) is 6.75. The Hall–Kier alpha value is -2.69. The molecular weight excluding hydrogens is 396 g/mol. The van der Waals surface area contributed by atoms with Crippen LogP contribution in [0, 0.1) is 0 Å². The number of carbonyl (C=O) groups is 1. The topological polar surface area (TPSA) is 135 Å². The van der Waals surface area contributed by atoms with Gasteiger partial charge < -0.3 is 39.4 Å². The molecule has 2 aromatic rings. The Morgan fingerprint density at radius 1 is 0.967 bits per heavy atom. The first-order valence-electron chi connectivity index (χ1n) is 9.23. The van der Waals surface area contributed by atoms with Crippen molar-refractivity contribution in [2.24, 2.45) is 0 Å². The van der Waals surface area contributed by atoms with Gasteiger partial charge in [-0.3, -0.25) is 0 Å². The molecular formula is C21H24O9. The molecule has 0 bridgehead atoms. The first-order valence-corrected chi connectivity index (χ1v) is 9.23. The lowest BCUT2D eigenvalue weighted by Gasteiger charge is -2.39. The molecule has 30 heavy (non-hydrogen) atoms. The van der Waals surface area contributed by atoms with Gasteiger partial charge in [0.05, 0.1) is 26.4 Å². The van der Waals surface area contributed by atoms with Gasteiger partial charge in [-0.25, -0.2) is 4.79 Å². The second-order valence-electron chi connectivity index (χ2n) is 6.75. The minimum atomic E-state index is -1.55. The minimum absolute atomic E-state index is 0.217. The number of methoxy groups -OCH3 is 2. The van der Waals surface area contributed by atoms with Crippen molar-refractivity contribution in [3.8, 4) is 22.6 Å². The molecule has 0 saturated carbocycles. The molecule has 1 aliphatic rings. The third kappa shape index (κ3) is 4.40. The van der Waals surface area contributed by atoms with Gasteiger partial charge in [-0.05, 0) is 35.4 Å². The van der Waals surface area contributed by atoms with E-state index in [9.17, 15) is 25.2 Å². The summed E-state index contributed by atoms with van der Waals surface area (Å²) in [5.74, 6) is 0.0778. The van der Waals surface area contributed by atoms with E-state index in [4.69, 9.17) is 18.9 Å². The number of benzene rings is 2. The number of aliphatic hydroxyl groups is 4. The molecule has 9 heteroatoms. The molecule has 5 atom stereocenters. The van der Waals surface area contributed by atoms with Crippen LogP contribution in [0.2, 0.25) is 0 Å². The van der Waals surface area contributed by atoms with E-state index < -0.39 is 43.3 Å². The van der Waals surface area contributed by atoms with Gasteiger partial charge in [-0.2, -0.15) is 0 Å². The lowest BCUT2D eigenvalue weighted by molar-refractivity contribution is -0.277. The van der Waals surface area contributed by atoms with E-state index in [-0.39, 0.29) is 5.75 Å². The summed E-state index contributed by atoms with van der Waals surface area (Å²) >= 11 is 0. The van der Waals surface area contributed by atoms with Crippen molar-refractivity contribution in [3.63, 3.8) is 0 Å². The molecule has 1 saturated heterocycles. The van der Waals surface area contributed by atoms with Crippen molar-refractivity contribution in [1.82, 2.24) is 0 Å². The smallest absolute Gasteiger partial charge is 0.337 e. The number of esters is 1. The zero-order valence-electron chi connectivity index (χ0n) is 16.5. The highest BCUT2D eigenvalue weighted by atomic mass is 16.7. The maximum absolute atomic E-state index is 11.8. The molecule has 0 aliphatic carbocycles. The Bertz CT molecular complexity index is 883. The molecule has 4 N–H and O–H groups in total. The van der Waals surface area contributed by atoms with Crippen LogP contribution in [-0.4, -0.2) is 77.9 Å². The number of aliphatic hydroxyl groups excluding tert-OH is 4. The van der Waals surface area contributed by atoms with E-state index in [2.05, 4.69) is 0 Å². The summed E-state index contributed by atoms with van der Waals surface area (Å²) in [4.78, 5) is 11.8. The second kappa shape index (κ2) is 9.41. The Labute approximate surface area is 173 Å². The van der Waals surface area contributed by atoms with Crippen molar-refractivity contribution in [1.29, 1.82) is 0 Å². The lowest BCUT2D eigenvalue weighted by atomic mass is 9.99. The monoisotopic (exact) mass is 420 g/mol. The standard InChI is InChI=1S/C21H24O9/c1-27-15-9-12(11-4-3-5-13(8-11)20(26)28-2)6-7-14(15)29-21-19(25)18(24)17(23)16(10-22)30-21/h3-9,16-19,21-25H,10H2,1-2H3/t16-,17+,18+,19-,21?/m0/s1. The van der Waals surface area contributed by atoms with Crippen molar-refractivity contribution in [3.05, 3.63) is 48.0 Å². The summed E-state index contributed by atoms with van der Waals surface area (Å²) in [5, 5.41) is 39.3. The average Bonchev–Trinajstić information content (AvgIpc) is 2.79. The lowest BCUT2D eigenvalue weighted by Crippen LogP contribution is -2.60. The van der Waals surface area contributed by atoms with Crippen LogP contribution in [0.4, 0.5) is 0 Å². The Morgan fingerprint density at radius 2 is 1.70 bits per heavy atom. The van der Waals surface area contributed by atoms with Crippen molar-refractivity contribution in [2.45, 2.75) is 30.7 Å². The fourth-order valence-corrected chi connectivity index (χ4v) is 3.18. The largest absolute Gasteiger partial charge is 0.493 e. The van der Waals surface area contributed by atoms with Crippen LogP contribution in [0.15, 0.2) is 42.5 Å². The summed E-state index contributed by atoms with van der Waals surface area (Å²) in [6.07, 6.45) is -6.98. The molecule has 9 nitrogen and oxygen atoms in total. The highest BCUT2D eigenvalue weighted by molar-refractivity contribution is 5.91. The number of carbonyl (C=O) groups excluding carboxylic acids is 1. The molecule has 0 radical (unpaired) electrons. The molecule has 162 valence electrons. The van der Waals surface area contributed by atoms with E-state index in [1.165, 1.54) is 14.2 Å². The molecule has 3 rings (SSSR count). The predicted octanol–water partition coefficient (Wildman–Crippen LogP) is 0.327. The summed E-state index contributed by atoms with van der Waals surface area (Å²) in [6.45, 7) is -0.558. The fourth-order valence-electron chi connectivity index (χ4n) is 3.18. The molecule has 1 unspecified atom stereocenters. The Kier molecular flexibility index (Phi) is 6.91. The molecule has 2 aromatic carbocycles. The van der Waals surface area contributed by atoms with E-state index in [0.29, 0.717) is 11.3 Å². The summed E-state index contributed by atoms with van der Waals surface area (Å²) < 4.78 is 21.1. The highest BCUT2D eigenvalue weighted by Gasteiger charge is 2.44. The maximum Gasteiger partial charge on any atom is 0.337 e. The number of hydrogen-bond acceptors (Lipinski definition) is 9. The number of rotatable bonds is 6. The Morgan fingerprint density at radius 3 is 2.37 bits per heavy atom. The zero-order chi connectivity index (χ0) is 21.8. The van der Waals surface area contributed by atoms with Crippen LogP contribution >= 0.6 is 0 Å². The van der Waals surface area contributed by atoms with Gasteiger partial charge in [0, 0.05) is 0 Å². The van der Waals surface area contributed by atoms with Gasteiger partial charge in [-0.1, -0.05) is 18.2 Å². The highest BCUT2D eigenvalue weighted by Crippen LogP contribution is 2.35. The van der Waals surface area contributed by atoms with Crippen LogP contribution in [0.3, 0.4) is 0 Å². The van der Waals surface area contributed by atoms with Gasteiger partial charge in [0.15, 0.2) is 11.5 Å². The SMILES string of the molecule is COC(=O)c1cccc(-c2ccc(OC3O[C@@H](CO)[C@@H](O)[C@@H](O)[C@@H]3O)c(OC)c2)c1. The van der Waals surface area contributed by atoms with Crippen LogP contribution < -0.4 is 9.47 Å². The molecule has 1 aliphatic heterocycles. The van der Waals surface area contributed by atoms with E-state index in [1.54, 1.807) is 36.4 Å². The Balaban J connectivity index is 1.85. The molecule has 0 aromatic heterocycles. The third-order valence-electron chi connectivity index (χ3n) is 4.87. The van der Waals surface area contributed by atoms with Crippen LogP contribution in [-0.2, 0) is 9.47 Å². The molecule has 1 fully saturated rings. The minimum Gasteiger partial charge on any atom is -0.493 e. The third-order valence-corrected chi connectivity index (χ3v) is 4.87. The summed E-state index contributed by atoms with van der Waals surface area (Å²) in [7, 11) is 2.74. The maximum atomic E-state index is 11.8. The zero-order valence-corrected chi connectivity index (χ0v) is 16.5. The summed E-state index contributed by atoms with van der Waals surface area (Å²) in [6, 6.07) is 11.8. The quantitative estimate of drug-likeness (QED) is 0.488. The molecule has 0 amide bonds. The average molecular weight is 420 g/mol. The van der Waals surface area contributed by atoms with E-state index in [1.807, 2.05) is 6.07 Å². The molecule has 0 spiro atoms. The van der Waals surface area contributed by atoms with Crippen LogP contribution in [0.1, 0.15) is 10.4 Å². The predicted molar refractivity (Wildman–Crippen MR) is 104 cm³/mol. The first kappa shape index (κ1) is 22.0. The van der Waals surface area contributed by atoms with Gasteiger partial charge in [0.25, 0.3) is 0 Å². The van der Waals surface area contributed by atoms with E-state index >= 15 is 0 Å². The summed E-state index contributed by atoms with van der Waals surface area (Å²) in [5.41, 5.74) is 1.88. The normalized spacial score (nSPS) is 26.1. The first-order chi connectivity index (χ1) is 14.4. The fraction of sp³-hybridized carbons (Fsp3) is 0.381. The van der Waals surface area contributed by atoms with Crippen LogP contribution in [0.5, 0.6) is 11.5 Å². The number of hydrogen-bond donors (Lipinski definition) is 4. The molecule has 1 heterocycles. The van der Waals surface area contributed by atoms with E-state index in [0.717, 1.165) is 11.1 Å². The van der Waals surface area contributed by atoms with Crippen molar-refractivity contribution < 1.29 is 44.2 Å². The van der Waals surface area contributed by atoms with Crippen LogP contribution in [0.25, 0.3) is 11.1 Å². The van der Waals surface area contributed by atoms with Gasteiger partial charge in [0.2, 0.25) is 6.29 Å². The van der Waals surface area contributed by atoms with Gasteiger partial charge in [0.1, 0.15) is 24.4 Å². The van der Waals surface area contributed by atoms with Gasteiger partial charge in [-0.15, -0.1) is 0 Å². The van der Waals surface area contributed by atoms with Crippen molar-refractivity contribution >= 4 is 5.97 Å². The number of ether oxygens (including phenoxy) is 4. The van der Waals surface area contributed by atoms with Gasteiger partial charge >= 0.3 is 5.97 Å². The van der Waals surface area contributed by atoms with Crippen molar-refractivity contribution in [2.75, 3.05) is 20.8 Å².